The van der Waals surface area contributed by atoms with Gasteiger partial charge in [-0.1, -0.05) is 6.92 Å². The van der Waals surface area contributed by atoms with Gasteiger partial charge in [-0.2, -0.15) is 11.3 Å². The van der Waals surface area contributed by atoms with Gasteiger partial charge in [0.05, 0.1) is 4.90 Å². The highest BCUT2D eigenvalue weighted by Crippen LogP contribution is 2.21. The van der Waals surface area contributed by atoms with Crippen molar-refractivity contribution in [1.29, 1.82) is 0 Å². The summed E-state index contributed by atoms with van der Waals surface area (Å²) in [7, 11) is 0.220. The quantitative estimate of drug-likeness (QED) is 0.737. The van der Waals surface area contributed by atoms with Crippen LogP contribution in [0.1, 0.15) is 24.9 Å². The molecule has 0 saturated heterocycles. The average Bonchev–Trinajstić information content (AvgIpc) is 3.09. The lowest BCUT2D eigenvalue weighted by Crippen LogP contribution is -2.34. The fourth-order valence-electron chi connectivity index (χ4n) is 2.30. The summed E-state index contributed by atoms with van der Waals surface area (Å²) in [6, 6.07) is 8.11. The predicted molar refractivity (Wildman–Crippen MR) is 101 cm³/mol. The summed E-state index contributed by atoms with van der Waals surface area (Å²) in [5.41, 5.74) is 1.66. The van der Waals surface area contributed by atoms with Gasteiger partial charge in [0.1, 0.15) is 0 Å². The minimum atomic E-state index is -3.62. The molecule has 1 amide bonds. The minimum Gasteiger partial charge on any atom is -0.326 e. The zero-order chi connectivity index (χ0) is 18.4. The number of nitrogens with zero attached hydrogens (tertiary/aromatic N) is 1. The first-order valence-electron chi connectivity index (χ1n) is 7.91. The van der Waals surface area contributed by atoms with Crippen LogP contribution in [0, 0.1) is 0 Å². The molecular formula is C17H23N3O3S2. The van der Waals surface area contributed by atoms with Gasteiger partial charge in [0.25, 0.3) is 0 Å². The predicted octanol–water partition coefficient (Wildman–Crippen LogP) is 2.68. The van der Waals surface area contributed by atoms with Gasteiger partial charge in [0.15, 0.2) is 0 Å². The molecule has 2 aromatic rings. The maximum atomic E-state index is 12.5. The second-order valence-corrected chi connectivity index (χ2v) is 8.36. The molecule has 1 heterocycles. The van der Waals surface area contributed by atoms with Crippen molar-refractivity contribution in [3.8, 4) is 0 Å². The lowest BCUT2D eigenvalue weighted by Gasteiger charge is -2.24. The van der Waals surface area contributed by atoms with Crippen LogP contribution in [-0.2, 0) is 14.8 Å². The number of amides is 1. The molecule has 0 bridgehead atoms. The van der Waals surface area contributed by atoms with Gasteiger partial charge < -0.3 is 10.2 Å². The summed E-state index contributed by atoms with van der Waals surface area (Å²) in [6.07, 6.45) is 0.371. The van der Waals surface area contributed by atoms with Gasteiger partial charge in [-0.15, -0.1) is 0 Å². The molecule has 0 fully saturated rings. The molecule has 25 heavy (non-hydrogen) atoms. The van der Waals surface area contributed by atoms with E-state index in [1.54, 1.807) is 30.4 Å². The van der Waals surface area contributed by atoms with Gasteiger partial charge in [0.2, 0.25) is 15.9 Å². The van der Waals surface area contributed by atoms with Crippen LogP contribution in [0.15, 0.2) is 46.0 Å². The van der Waals surface area contributed by atoms with Crippen LogP contribution in [-0.4, -0.2) is 39.9 Å². The monoisotopic (exact) mass is 381 g/mol. The third-order valence-corrected chi connectivity index (χ3v) is 5.93. The van der Waals surface area contributed by atoms with Crippen molar-refractivity contribution in [2.75, 3.05) is 26.0 Å². The number of likely N-dealkylation sites (N-methyl/N-ethyl adjacent to an activating group) is 1. The van der Waals surface area contributed by atoms with Crippen molar-refractivity contribution in [2.24, 2.45) is 0 Å². The summed E-state index contributed by atoms with van der Waals surface area (Å²) in [5, 5.41) is 6.69. The number of thiophene rings is 1. The van der Waals surface area contributed by atoms with E-state index in [1.807, 2.05) is 35.8 Å². The second kappa shape index (κ2) is 8.57. The normalized spacial score (nSPS) is 13.0. The first kappa shape index (κ1) is 19.6. The molecule has 136 valence electrons. The Morgan fingerprint density at radius 3 is 2.40 bits per heavy atom. The van der Waals surface area contributed by atoms with Gasteiger partial charge in [0, 0.05) is 24.7 Å². The Morgan fingerprint density at radius 1 is 1.20 bits per heavy atom. The number of carbonyl (C=O) groups excluding carboxylic acids is 1. The molecule has 0 radical (unpaired) electrons. The smallest absolute Gasteiger partial charge is 0.240 e. The zero-order valence-electron chi connectivity index (χ0n) is 14.5. The van der Waals surface area contributed by atoms with E-state index in [2.05, 4.69) is 10.0 Å². The molecule has 0 spiro atoms. The van der Waals surface area contributed by atoms with Crippen molar-refractivity contribution >= 4 is 33.0 Å². The number of rotatable bonds is 8. The summed E-state index contributed by atoms with van der Waals surface area (Å²) >= 11 is 1.58. The molecule has 1 aromatic carbocycles. The maximum Gasteiger partial charge on any atom is 0.240 e. The highest BCUT2D eigenvalue weighted by molar-refractivity contribution is 7.89. The van der Waals surface area contributed by atoms with Crippen molar-refractivity contribution in [3.63, 3.8) is 0 Å². The van der Waals surface area contributed by atoms with Crippen LogP contribution in [0.5, 0.6) is 0 Å². The van der Waals surface area contributed by atoms with Crippen LogP contribution in [0.2, 0.25) is 0 Å². The fraction of sp³-hybridized carbons (Fsp3) is 0.353. The average molecular weight is 382 g/mol. The largest absolute Gasteiger partial charge is 0.326 e. The first-order valence-corrected chi connectivity index (χ1v) is 10.3. The molecule has 1 atom stereocenters. The van der Waals surface area contributed by atoms with E-state index >= 15 is 0 Å². The van der Waals surface area contributed by atoms with Crippen molar-refractivity contribution in [1.82, 2.24) is 9.62 Å². The maximum absolute atomic E-state index is 12.5. The van der Waals surface area contributed by atoms with E-state index in [0.29, 0.717) is 12.1 Å². The number of hydrogen-bond acceptors (Lipinski definition) is 5. The molecule has 1 unspecified atom stereocenters. The highest BCUT2D eigenvalue weighted by Gasteiger charge is 2.20. The Morgan fingerprint density at radius 2 is 1.88 bits per heavy atom. The summed E-state index contributed by atoms with van der Waals surface area (Å²) in [6.45, 7) is 2.03. The Labute approximate surface area is 152 Å². The topological polar surface area (TPSA) is 78.5 Å². The summed E-state index contributed by atoms with van der Waals surface area (Å²) < 4.78 is 27.7. The molecule has 0 aliphatic rings. The third kappa shape index (κ3) is 5.37. The van der Waals surface area contributed by atoms with E-state index in [-0.39, 0.29) is 23.4 Å². The van der Waals surface area contributed by atoms with E-state index in [1.165, 1.54) is 12.1 Å². The summed E-state index contributed by atoms with van der Waals surface area (Å²) in [5.74, 6) is -0.113. The fourth-order valence-corrected chi connectivity index (χ4v) is 4.05. The third-order valence-electron chi connectivity index (χ3n) is 3.79. The van der Waals surface area contributed by atoms with Crippen molar-refractivity contribution < 1.29 is 13.2 Å². The Bertz CT molecular complexity index is 785. The molecule has 0 aliphatic heterocycles. The first-order chi connectivity index (χ1) is 11.8. The van der Waals surface area contributed by atoms with Crippen LogP contribution in [0.25, 0.3) is 0 Å². The summed E-state index contributed by atoms with van der Waals surface area (Å²) in [4.78, 5) is 13.5. The number of nitrogens with one attached hydrogen (secondary N) is 2. The molecular weight excluding hydrogens is 358 g/mol. The minimum absolute atomic E-state index is 0.0378. The Balaban J connectivity index is 2.06. The molecule has 0 saturated carbocycles. The highest BCUT2D eigenvalue weighted by atomic mass is 32.2. The molecule has 0 aliphatic carbocycles. The second-order valence-electron chi connectivity index (χ2n) is 5.81. The van der Waals surface area contributed by atoms with Crippen LogP contribution in [0.3, 0.4) is 0 Å². The van der Waals surface area contributed by atoms with E-state index in [4.69, 9.17) is 0 Å². The number of hydrogen-bond donors (Lipinski definition) is 2. The molecule has 2 rings (SSSR count). The van der Waals surface area contributed by atoms with Gasteiger partial charge in [-0.05, 0) is 60.8 Å². The van der Waals surface area contributed by atoms with E-state index in [9.17, 15) is 13.2 Å². The van der Waals surface area contributed by atoms with Gasteiger partial charge in [-0.25, -0.2) is 13.1 Å². The SMILES string of the molecule is CCC(=O)Nc1ccc(S(=O)(=O)NCC(c2ccsc2)N(C)C)cc1. The van der Waals surface area contributed by atoms with Gasteiger partial charge >= 0.3 is 0 Å². The van der Waals surface area contributed by atoms with E-state index < -0.39 is 10.0 Å². The van der Waals surface area contributed by atoms with Crippen LogP contribution in [0.4, 0.5) is 5.69 Å². The molecule has 1 aromatic heterocycles. The number of anilines is 1. The van der Waals surface area contributed by atoms with E-state index in [0.717, 1.165) is 5.56 Å². The number of sulfonamides is 1. The molecule has 2 N–H and O–H groups in total. The molecule has 6 nitrogen and oxygen atoms in total. The zero-order valence-corrected chi connectivity index (χ0v) is 16.2. The van der Waals surface area contributed by atoms with Crippen molar-refractivity contribution in [3.05, 3.63) is 46.7 Å². The standard InChI is InChI=1S/C17H23N3O3S2/c1-4-17(21)19-14-5-7-15(8-6-14)25(22,23)18-11-16(20(2)3)13-9-10-24-12-13/h5-10,12,16,18H,4,11H2,1-3H3,(H,19,21). The Hall–Kier alpha value is -1.74. The van der Waals surface area contributed by atoms with Crippen LogP contribution >= 0.6 is 11.3 Å². The number of benzene rings is 1. The lowest BCUT2D eigenvalue weighted by atomic mass is 10.1. The molecule has 8 heteroatoms. The Kier molecular flexibility index (Phi) is 6.71. The van der Waals surface area contributed by atoms with Crippen molar-refractivity contribution in [2.45, 2.75) is 24.3 Å². The lowest BCUT2D eigenvalue weighted by molar-refractivity contribution is -0.115. The van der Waals surface area contributed by atoms with Gasteiger partial charge in [-0.3, -0.25) is 4.79 Å². The number of carbonyl (C=O) groups is 1. The van der Waals surface area contributed by atoms with Crippen LogP contribution < -0.4 is 10.0 Å².